The lowest BCUT2D eigenvalue weighted by molar-refractivity contribution is 0.586. The van der Waals surface area contributed by atoms with Gasteiger partial charge in [-0.05, 0) is 51.5 Å². The predicted molar refractivity (Wildman–Crippen MR) is 114 cm³/mol. The molecule has 0 aliphatic rings. The molecule has 0 radical (unpaired) electrons. The van der Waals surface area contributed by atoms with Crippen molar-refractivity contribution in [2.24, 2.45) is 21.1 Å². The average molecular weight is 357 g/mol. The van der Waals surface area contributed by atoms with Crippen molar-refractivity contribution in [3.8, 4) is 0 Å². The first-order chi connectivity index (χ1) is 12.0. The van der Waals surface area contributed by atoms with Crippen LogP contribution in [0.3, 0.4) is 0 Å². The van der Waals surface area contributed by atoms with E-state index in [1.54, 1.807) is 6.92 Å². The standard InChI is InChI=1S/C20H32N6/c1-8-26(9-2)15-10-11-16(13(3)12-15)24-17(14(4)21)18(22)25-19(23)20(5,6)7/h10-12,21H,8-9H2,1-7H3,(H3,22,23,25). The maximum atomic E-state index is 8.23. The van der Waals surface area contributed by atoms with Crippen molar-refractivity contribution in [1.29, 1.82) is 10.8 Å². The number of nitrogens with two attached hydrogens (primary N) is 1. The number of aryl methyl sites for hydroxylation is 1. The maximum Gasteiger partial charge on any atom is 0.174 e. The number of nitrogens with one attached hydrogen (secondary N) is 2. The van der Waals surface area contributed by atoms with Gasteiger partial charge in [0.1, 0.15) is 11.5 Å². The van der Waals surface area contributed by atoms with Crippen molar-refractivity contribution in [2.75, 3.05) is 18.0 Å². The topological polar surface area (TPSA) is 102 Å². The summed E-state index contributed by atoms with van der Waals surface area (Å²) in [5, 5.41) is 16.2. The monoisotopic (exact) mass is 356 g/mol. The molecule has 0 atom stereocenters. The van der Waals surface area contributed by atoms with Crippen LogP contribution in [0, 0.1) is 23.2 Å². The lowest BCUT2D eigenvalue weighted by Gasteiger charge is -2.21. The Morgan fingerprint density at radius 1 is 1.15 bits per heavy atom. The van der Waals surface area contributed by atoms with E-state index in [4.69, 9.17) is 16.6 Å². The number of rotatable bonds is 6. The number of anilines is 1. The van der Waals surface area contributed by atoms with Gasteiger partial charge < -0.3 is 16.0 Å². The zero-order chi connectivity index (χ0) is 20.1. The molecule has 0 saturated carbocycles. The van der Waals surface area contributed by atoms with Gasteiger partial charge in [-0.15, -0.1) is 0 Å². The van der Waals surface area contributed by atoms with Gasteiger partial charge in [0.05, 0.1) is 11.4 Å². The molecule has 1 aromatic carbocycles. The van der Waals surface area contributed by atoms with Gasteiger partial charge in [0.15, 0.2) is 5.84 Å². The maximum absolute atomic E-state index is 8.23. The zero-order valence-electron chi connectivity index (χ0n) is 17.1. The minimum Gasteiger partial charge on any atom is -0.387 e. The van der Waals surface area contributed by atoms with Gasteiger partial charge in [0.2, 0.25) is 0 Å². The van der Waals surface area contributed by atoms with Crippen molar-refractivity contribution < 1.29 is 0 Å². The van der Waals surface area contributed by atoms with Gasteiger partial charge in [0, 0.05) is 24.2 Å². The predicted octanol–water partition coefficient (Wildman–Crippen LogP) is 4.33. The zero-order valence-corrected chi connectivity index (χ0v) is 17.1. The van der Waals surface area contributed by atoms with E-state index in [2.05, 4.69) is 34.8 Å². The average Bonchev–Trinajstić information content (AvgIpc) is 2.53. The molecule has 0 amide bonds. The second-order valence-electron chi connectivity index (χ2n) is 7.32. The van der Waals surface area contributed by atoms with Crippen LogP contribution in [0.5, 0.6) is 0 Å². The highest BCUT2D eigenvalue weighted by Crippen LogP contribution is 2.25. The van der Waals surface area contributed by atoms with E-state index in [1.807, 2.05) is 39.8 Å². The summed E-state index contributed by atoms with van der Waals surface area (Å²) in [6.45, 7) is 15.5. The molecule has 26 heavy (non-hydrogen) atoms. The van der Waals surface area contributed by atoms with Gasteiger partial charge in [0.25, 0.3) is 0 Å². The Kier molecular flexibility index (Phi) is 7.24. The third-order valence-electron chi connectivity index (χ3n) is 4.12. The van der Waals surface area contributed by atoms with Gasteiger partial charge in [-0.2, -0.15) is 0 Å². The Labute approximate surface area is 157 Å². The van der Waals surface area contributed by atoms with E-state index in [0.29, 0.717) is 5.84 Å². The first-order valence-electron chi connectivity index (χ1n) is 8.94. The molecule has 0 aliphatic carbocycles. The van der Waals surface area contributed by atoms with Gasteiger partial charge in [-0.25, -0.2) is 9.98 Å². The van der Waals surface area contributed by atoms with Crippen LogP contribution in [0.25, 0.3) is 0 Å². The van der Waals surface area contributed by atoms with Crippen LogP contribution >= 0.6 is 0 Å². The second-order valence-corrected chi connectivity index (χ2v) is 7.32. The Balaban J connectivity index is 3.29. The van der Waals surface area contributed by atoms with Crippen LogP contribution in [-0.4, -0.2) is 36.2 Å². The second kappa shape index (κ2) is 8.74. The van der Waals surface area contributed by atoms with Crippen molar-refractivity contribution in [1.82, 2.24) is 0 Å². The number of nitrogens with zero attached hydrogens (tertiary/aromatic N) is 3. The molecular weight excluding hydrogens is 324 g/mol. The largest absolute Gasteiger partial charge is 0.387 e. The fourth-order valence-electron chi connectivity index (χ4n) is 2.33. The smallest absolute Gasteiger partial charge is 0.174 e. The highest BCUT2D eigenvalue weighted by atomic mass is 15.1. The SMILES string of the molecule is CCN(CC)c1ccc(N=C(C(C)=N)C(=N)N=C(N)C(C)(C)C)c(C)c1. The van der Waals surface area contributed by atoms with E-state index in [1.165, 1.54) is 0 Å². The Morgan fingerprint density at radius 3 is 2.15 bits per heavy atom. The first kappa shape index (κ1) is 21.5. The fourth-order valence-corrected chi connectivity index (χ4v) is 2.33. The van der Waals surface area contributed by atoms with E-state index in [0.717, 1.165) is 30.0 Å². The van der Waals surface area contributed by atoms with E-state index >= 15 is 0 Å². The summed E-state index contributed by atoms with van der Waals surface area (Å²) in [5.41, 5.74) is 8.93. The van der Waals surface area contributed by atoms with Crippen molar-refractivity contribution in [2.45, 2.75) is 48.5 Å². The molecule has 0 aliphatic heterocycles. The molecule has 6 nitrogen and oxygen atoms in total. The number of amidine groups is 2. The number of hydrogen-bond acceptors (Lipinski definition) is 4. The molecule has 0 heterocycles. The summed E-state index contributed by atoms with van der Waals surface area (Å²) in [4.78, 5) is 11.0. The van der Waals surface area contributed by atoms with Crippen LogP contribution in [0.4, 0.5) is 11.4 Å². The van der Waals surface area contributed by atoms with Gasteiger partial charge >= 0.3 is 0 Å². The van der Waals surface area contributed by atoms with Crippen molar-refractivity contribution in [3.05, 3.63) is 23.8 Å². The normalized spacial score (nSPS) is 12.9. The number of hydrogen-bond donors (Lipinski definition) is 3. The molecule has 6 heteroatoms. The minimum absolute atomic E-state index is 0.0860. The minimum atomic E-state index is -0.339. The lowest BCUT2D eigenvalue weighted by atomic mass is 9.95. The summed E-state index contributed by atoms with van der Waals surface area (Å²) in [7, 11) is 0. The van der Waals surface area contributed by atoms with Crippen LogP contribution < -0.4 is 10.6 Å². The Hall–Kier alpha value is -2.50. The van der Waals surface area contributed by atoms with Crippen LogP contribution in [0.2, 0.25) is 0 Å². The third kappa shape index (κ3) is 5.51. The van der Waals surface area contributed by atoms with E-state index < -0.39 is 0 Å². The molecule has 1 aromatic rings. The quantitative estimate of drug-likeness (QED) is 0.521. The molecular formula is C20H32N6. The summed E-state index contributed by atoms with van der Waals surface area (Å²) in [5.74, 6) is 0.266. The molecule has 0 fully saturated rings. The highest BCUT2D eigenvalue weighted by Gasteiger charge is 2.18. The number of benzene rings is 1. The van der Waals surface area contributed by atoms with E-state index in [9.17, 15) is 0 Å². The van der Waals surface area contributed by atoms with Crippen molar-refractivity contribution >= 4 is 34.5 Å². The number of aliphatic imine (C=N–C) groups is 2. The Bertz CT molecular complexity index is 733. The van der Waals surface area contributed by atoms with Crippen LogP contribution in [0.15, 0.2) is 28.2 Å². The molecule has 0 unspecified atom stereocenters. The van der Waals surface area contributed by atoms with Crippen LogP contribution in [-0.2, 0) is 0 Å². The van der Waals surface area contributed by atoms with Gasteiger partial charge in [-0.3, -0.25) is 5.41 Å². The first-order valence-corrected chi connectivity index (χ1v) is 8.94. The lowest BCUT2D eigenvalue weighted by Crippen LogP contribution is -2.32. The molecule has 0 bridgehead atoms. The third-order valence-corrected chi connectivity index (χ3v) is 4.12. The molecule has 4 N–H and O–H groups in total. The molecule has 0 saturated heterocycles. The summed E-state index contributed by atoms with van der Waals surface area (Å²) in [6.07, 6.45) is 0. The molecule has 0 aromatic heterocycles. The van der Waals surface area contributed by atoms with Gasteiger partial charge in [-0.1, -0.05) is 20.8 Å². The van der Waals surface area contributed by atoms with Crippen LogP contribution in [0.1, 0.15) is 47.1 Å². The van der Waals surface area contributed by atoms with E-state index in [-0.39, 0.29) is 22.7 Å². The molecule has 1 rings (SSSR count). The Morgan fingerprint density at radius 2 is 1.73 bits per heavy atom. The van der Waals surface area contributed by atoms with Crippen molar-refractivity contribution in [3.63, 3.8) is 0 Å². The molecule has 0 spiro atoms. The highest BCUT2D eigenvalue weighted by molar-refractivity contribution is 6.67. The summed E-state index contributed by atoms with van der Waals surface area (Å²) >= 11 is 0. The molecule has 142 valence electrons. The fraction of sp³-hybridized carbons (Fsp3) is 0.500. The summed E-state index contributed by atoms with van der Waals surface area (Å²) < 4.78 is 0. The summed E-state index contributed by atoms with van der Waals surface area (Å²) in [6, 6.07) is 6.03.